The highest BCUT2D eigenvalue weighted by atomic mass is 16.2. The Morgan fingerprint density at radius 3 is 2.62 bits per heavy atom. The molecule has 0 bridgehead atoms. The number of hydrogen-bond donors (Lipinski definition) is 0. The number of fused-ring (bicyclic) bond motifs is 1. The molecule has 0 aliphatic carbocycles. The Bertz CT molecular complexity index is 895. The number of aryl methyl sites for hydroxylation is 1. The van der Waals surface area contributed by atoms with Gasteiger partial charge in [-0.05, 0) is 55.9 Å². The van der Waals surface area contributed by atoms with Crippen molar-refractivity contribution in [1.82, 2.24) is 19.9 Å². The summed E-state index contributed by atoms with van der Waals surface area (Å²) in [4.78, 5) is 14.8. The van der Waals surface area contributed by atoms with Gasteiger partial charge in [-0.2, -0.15) is 0 Å². The van der Waals surface area contributed by atoms with Crippen LogP contribution in [0.3, 0.4) is 0 Å². The Balaban J connectivity index is 1.40. The van der Waals surface area contributed by atoms with Crippen LogP contribution in [-0.2, 0) is 13.0 Å². The lowest BCUT2D eigenvalue weighted by atomic mass is 9.90. The minimum Gasteiger partial charge on any atom is -0.339 e. The zero-order valence-electron chi connectivity index (χ0n) is 15.1. The molecule has 0 radical (unpaired) electrons. The lowest BCUT2D eigenvalue weighted by Gasteiger charge is -2.32. The molecule has 2 aromatic carbocycles. The molecule has 1 aliphatic heterocycles. The maximum Gasteiger partial charge on any atom is 0.253 e. The predicted molar refractivity (Wildman–Crippen MR) is 102 cm³/mol. The van der Waals surface area contributed by atoms with E-state index in [0.717, 1.165) is 49.9 Å². The number of benzene rings is 2. The number of piperidine rings is 1. The van der Waals surface area contributed by atoms with E-state index in [2.05, 4.69) is 40.6 Å². The summed E-state index contributed by atoms with van der Waals surface area (Å²) in [7, 11) is 0. The maximum absolute atomic E-state index is 12.9. The summed E-state index contributed by atoms with van der Waals surface area (Å²) in [6.45, 7) is 4.47. The van der Waals surface area contributed by atoms with Crippen molar-refractivity contribution in [1.29, 1.82) is 0 Å². The maximum atomic E-state index is 12.9. The van der Waals surface area contributed by atoms with E-state index in [1.54, 1.807) is 0 Å². The fourth-order valence-electron chi connectivity index (χ4n) is 3.81. The zero-order chi connectivity index (χ0) is 17.9. The van der Waals surface area contributed by atoms with Gasteiger partial charge in [-0.25, -0.2) is 4.68 Å². The van der Waals surface area contributed by atoms with Gasteiger partial charge >= 0.3 is 0 Å². The monoisotopic (exact) mass is 348 g/mol. The summed E-state index contributed by atoms with van der Waals surface area (Å²) in [6, 6.07) is 16.3. The van der Waals surface area contributed by atoms with E-state index in [-0.39, 0.29) is 5.91 Å². The fraction of sp³-hybridized carbons (Fsp3) is 0.381. The highest BCUT2D eigenvalue weighted by molar-refractivity contribution is 5.97. The van der Waals surface area contributed by atoms with E-state index < -0.39 is 0 Å². The van der Waals surface area contributed by atoms with E-state index >= 15 is 0 Å². The zero-order valence-corrected chi connectivity index (χ0v) is 15.1. The molecule has 0 unspecified atom stereocenters. The summed E-state index contributed by atoms with van der Waals surface area (Å²) < 4.78 is 1.85. The first-order valence-electron chi connectivity index (χ1n) is 9.41. The fourth-order valence-corrected chi connectivity index (χ4v) is 3.81. The summed E-state index contributed by atoms with van der Waals surface area (Å²) in [5.74, 6) is 0.768. The van der Waals surface area contributed by atoms with Gasteiger partial charge in [0.1, 0.15) is 5.52 Å². The van der Waals surface area contributed by atoms with E-state index in [0.29, 0.717) is 11.5 Å². The number of carbonyl (C=O) groups is 1. The first kappa shape index (κ1) is 16.8. The number of aromatic nitrogens is 3. The molecule has 1 saturated heterocycles. The second-order valence-corrected chi connectivity index (χ2v) is 7.03. The standard InChI is InChI=1S/C21H24N4O/c1-2-25-20-9-8-18(15-19(20)22-23-25)21(26)24-12-10-17(11-13-24)14-16-6-4-3-5-7-16/h3-9,15,17H,2,10-14H2,1H3. The van der Waals surface area contributed by atoms with Gasteiger partial charge in [-0.3, -0.25) is 4.79 Å². The first-order chi connectivity index (χ1) is 12.7. The molecular formula is C21H24N4O. The summed E-state index contributed by atoms with van der Waals surface area (Å²) in [5.41, 5.74) is 3.87. The van der Waals surface area contributed by atoms with Gasteiger partial charge in [0.05, 0.1) is 5.52 Å². The molecule has 3 aromatic rings. The van der Waals surface area contributed by atoms with Crippen LogP contribution in [0.2, 0.25) is 0 Å². The van der Waals surface area contributed by atoms with Crippen LogP contribution >= 0.6 is 0 Å². The second kappa shape index (κ2) is 7.28. The Kier molecular flexibility index (Phi) is 4.69. The second-order valence-electron chi connectivity index (χ2n) is 7.03. The van der Waals surface area contributed by atoms with Crippen molar-refractivity contribution in [3.8, 4) is 0 Å². The number of amides is 1. The third-order valence-corrected chi connectivity index (χ3v) is 5.33. The number of rotatable bonds is 4. The minimum absolute atomic E-state index is 0.108. The van der Waals surface area contributed by atoms with Gasteiger partial charge in [-0.1, -0.05) is 35.5 Å². The van der Waals surface area contributed by atoms with Crippen molar-refractivity contribution in [2.75, 3.05) is 13.1 Å². The Morgan fingerprint density at radius 2 is 1.88 bits per heavy atom. The van der Waals surface area contributed by atoms with Gasteiger partial charge in [0, 0.05) is 25.2 Å². The molecule has 0 atom stereocenters. The third-order valence-electron chi connectivity index (χ3n) is 5.33. The third kappa shape index (κ3) is 3.34. The largest absolute Gasteiger partial charge is 0.339 e. The lowest BCUT2D eigenvalue weighted by molar-refractivity contribution is 0.0690. The van der Waals surface area contributed by atoms with Crippen LogP contribution in [0.15, 0.2) is 48.5 Å². The molecule has 0 saturated carbocycles. The van der Waals surface area contributed by atoms with Crippen LogP contribution in [0.1, 0.15) is 35.7 Å². The van der Waals surface area contributed by atoms with Crippen molar-refractivity contribution >= 4 is 16.9 Å². The molecule has 5 nitrogen and oxygen atoms in total. The number of nitrogens with zero attached hydrogens (tertiary/aromatic N) is 4. The highest BCUT2D eigenvalue weighted by Gasteiger charge is 2.24. The predicted octanol–water partition coefficient (Wildman–Crippen LogP) is 3.55. The molecule has 26 heavy (non-hydrogen) atoms. The molecule has 1 fully saturated rings. The number of carbonyl (C=O) groups excluding carboxylic acids is 1. The van der Waals surface area contributed by atoms with E-state index in [9.17, 15) is 4.79 Å². The molecule has 4 rings (SSSR count). The Morgan fingerprint density at radius 1 is 1.12 bits per heavy atom. The molecule has 5 heteroatoms. The van der Waals surface area contributed by atoms with Gasteiger partial charge in [-0.15, -0.1) is 5.10 Å². The number of hydrogen-bond acceptors (Lipinski definition) is 3. The first-order valence-corrected chi connectivity index (χ1v) is 9.41. The van der Waals surface area contributed by atoms with E-state index in [4.69, 9.17) is 0 Å². The van der Waals surface area contributed by atoms with Crippen molar-refractivity contribution < 1.29 is 4.79 Å². The molecule has 2 heterocycles. The molecule has 1 aromatic heterocycles. The average Bonchev–Trinajstić information content (AvgIpc) is 3.11. The van der Waals surface area contributed by atoms with Crippen molar-refractivity contribution in [2.24, 2.45) is 5.92 Å². The number of likely N-dealkylation sites (tertiary alicyclic amines) is 1. The molecule has 134 valence electrons. The normalized spacial score (nSPS) is 15.5. The quantitative estimate of drug-likeness (QED) is 0.724. The molecule has 1 aliphatic rings. The molecular weight excluding hydrogens is 324 g/mol. The molecule has 1 amide bonds. The minimum atomic E-state index is 0.108. The van der Waals surface area contributed by atoms with E-state index in [1.807, 2.05) is 34.7 Å². The SMILES string of the molecule is CCn1nnc2cc(C(=O)N3CCC(Cc4ccccc4)CC3)ccc21. The van der Waals surface area contributed by atoms with E-state index in [1.165, 1.54) is 5.56 Å². The molecule has 0 spiro atoms. The van der Waals surface area contributed by atoms with Crippen molar-refractivity contribution in [3.63, 3.8) is 0 Å². The van der Waals surface area contributed by atoms with Gasteiger partial charge in [0.15, 0.2) is 0 Å². The van der Waals surface area contributed by atoms with Crippen LogP contribution in [-0.4, -0.2) is 38.9 Å². The van der Waals surface area contributed by atoms with Crippen LogP contribution in [0.25, 0.3) is 11.0 Å². The van der Waals surface area contributed by atoms with Crippen LogP contribution in [0.5, 0.6) is 0 Å². The summed E-state index contributed by atoms with van der Waals surface area (Å²) >= 11 is 0. The summed E-state index contributed by atoms with van der Waals surface area (Å²) in [5, 5.41) is 8.30. The van der Waals surface area contributed by atoms with Crippen molar-refractivity contribution in [2.45, 2.75) is 32.7 Å². The smallest absolute Gasteiger partial charge is 0.253 e. The van der Waals surface area contributed by atoms with Crippen LogP contribution in [0.4, 0.5) is 0 Å². The van der Waals surface area contributed by atoms with Crippen LogP contribution in [0, 0.1) is 5.92 Å². The Labute approximate surface area is 153 Å². The highest BCUT2D eigenvalue weighted by Crippen LogP contribution is 2.23. The van der Waals surface area contributed by atoms with Gasteiger partial charge in [0.2, 0.25) is 0 Å². The summed E-state index contributed by atoms with van der Waals surface area (Å²) in [6.07, 6.45) is 3.23. The van der Waals surface area contributed by atoms with Crippen LogP contribution < -0.4 is 0 Å². The lowest BCUT2D eigenvalue weighted by Crippen LogP contribution is -2.38. The van der Waals surface area contributed by atoms with Crippen molar-refractivity contribution in [3.05, 3.63) is 59.7 Å². The topological polar surface area (TPSA) is 51.0 Å². The molecule has 0 N–H and O–H groups in total. The average molecular weight is 348 g/mol. The van der Waals surface area contributed by atoms with Gasteiger partial charge < -0.3 is 4.90 Å². The van der Waals surface area contributed by atoms with Gasteiger partial charge in [0.25, 0.3) is 5.91 Å². The Hall–Kier alpha value is -2.69.